The van der Waals surface area contributed by atoms with Crippen LogP contribution < -0.4 is 10.6 Å². The summed E-state index contributed by atoms with van der Waals surface area (Å²) in [6, 6.07) is 7.15. The lowest BCUT2D eigenvalue weighted by Gasteiger charge is -2.25. The number of hydrogen-bond donors (Lipinski definition) is 2. The van der Waals surface area contributed by atoms with E-state index in [4.69, 9.17) is 4.74 Å². The molecule has 0 saturated heterocycles. The fourth-order valence-electron chi connectivity index (χ4n) is 3.97. The molecule has 4 rings (SSSR count). The first-order valence-corrected chi connectivity index (χ1v) is 11.5. The smallest absolute Gasteiger partial charge is 0.323 e. The summed E-state index contributed by atoms with van der Waals surface area (Å²) < 4.78 is 44.9. The van der Waals surface area contributed by atoms with Crippen molar-refractivity contribution in [3.05, 3.63) is 65.1 Å². The van der Waals surface area contributed by atoms with Crippen LogP contribution in [0.3, 0.4) is 0 Å². The van der Waals surface area contributed by atoms with Crippen LogP contribution in [-0.2, 0) is 9.53 Å². The molecule has 2 aromatic carbocycles. The van der Waals surface area contributed by atoms with E-state index in [0.717, 1.165) is 41.1 Å². The number of esters is 1. The molecular formula is C24H22F3N3O3S. The molecule has 0 atom stereocenters. The summed E-state index contributed by atoms with van der Waals surface area (Å²) in [5.41, 5.74) is 0.894. The maximum atomic E-state index is 13.7. The lowest BCUT2D eigenvalue weighted by molar-refractivity contribution is -0.146. The number of aromatic nitrogens is 1. The number of methoxy groups -OCH3 is 1. The summed E-state index contributed by atoms with van der Waals surface area (Å²) in [4.78, 5) is 29.4. The van der Waals surface area contributed by atoms with E-state index in [1.54, 1.807) is 23.5 Å². The van der Waals surface area contributed by atoms with Gasteiger partial charge in [0.2, 0.25) is 0 Å². The first-order valence-electron chi connectivity index (χ1n) is 10.7. The minimum atomic E-state index is -1.33. The van der Waals surface area contributed by atoms with Crippen LogP contribution in [0.15, 0.2) is 42.6 Å². The average Bonchev–Trinajstić information content (AvgIpc) is 3.33. The maximum absolute atomic E-state index is 13.7. The molecule has 1 aliphatic carbocycles. The molecule has 0 radical (unpaired) electrons. The second-order valence-corrected chi connectivity index (χ2v) is 9.10. The first-order chi connectivity index (χ1) is 16.3. The van der Waals surface area contributed by atoms with Crippen molar-refractivity contribution in [3.63, 3.8) is 0 Å². The zero-order valence-corrected chi connectivity index (χ0v) is 19.1. The Hall–Kier alpha value is -3.40. The normalized spacial score (nSPS) is 17.8. The van der Waals surface area contributed by atoms with Crippen LogP contribution in [0.25, 0.3) is 10.4 Å². The highest BCUT2D eigenvalue weighted by Crippen LogP contribution is 2.39. The number of hydrogen-bond acceptors (Lipinski definition) is 5. The quantitative estimate of drug-likeness (QED) is 0.325. The van der Waals surface area contributed by atoms with E-state index in [1.165, 1.54) is 7.11 Å². The Morgan fingerprint density at radius 1 is 0.971 bits per heavy atom. The van der Waals surface area contributed by atoms with E-state index in [2.05, 4.69) is 15.6 Å². The second kappa shape index (κ2) is 10.3. The molecule has 178 valence electrons. The third-order valence-corrected chi connectivity index (χ3v) is 7.03. The molecular weight excluding hydrogens is 467 g/mol. The SMILES string of the molecule is COC(=O)C1CCC(c2ncc(-c3ccc(NC(=O)Nc4cc(F)c(F)cc4F)cc3)s2)CC1. The van der Waals surface area contributed by atoms with Gasteiger partial charge >= 0.3 is 12.0 Å². The predicted molar refractivity (Wildman–Crippen MR) is 123 cm³/mol. The van der Waals surface area contributed by atoms with Crippen LogP contribution in [0, 0.1) is 23.4 Å². The van der Waals surface area contributed by atoms with E-state index in [0.29, 0.717) is 23.7 Å². The van der Waals surface area contributed by atoms with Crippen molar-refractivity contribution < 1.29 is 27.5 Å². The number of halogens is 3. The van der Waals surface area contributed by atoms with Crippen LogP contribution in [-0.4, -0.2) is 24.1 Å². The molecule has 0 bridgehead atoms. The molecule has 0 aliphatic heterocycles. The lowest BCUT2D eigenvalue weighted by Crippen LogP contribution is -2.22. The fraction of sp³-hybridized carbons (Fsp3) is 0.292. The van der Waals surface area contributed by atoms with Gasteiger partial charge < -0.3 is 15.4 Å². The summed E-state index contributed by atoms with van der Waals surface area (Å²) in [5, 5.41) is 5.72. The van der Waals surface area contributed by atoms with Gasteiger partial charge in [-0.2, -0.15) is 0 Å². The third-order valence-electron chi connectivity index (χ3n) is 5.82. The number of anilines is 2. The Labute approximate surface area is 198 Å². The van der Waals surface area contributed by atoms with E-state index in [1.807, 2.05) is 18.3 Å². The maximum Gasteiger partial charge on any atom is 0.323 e. The first kappa shape index (κ1) is 23.7. The summed E-state index contributed by atoms with van der Waals surface area (Å²) in [6.07, 6.45) is 5.19. The van der Waals surface area contributed by atoms with Gasteiger partial charge in [-0.15, -0.1) is 11.3 Å². The van der Waals surface area contributed by atoms with Crippen LogP contribution in [0.2, 0.25) is 0 Å². The summed E-state index contributed by atoms with van der Waals surface area (Å²) in [6.45, 7) is 0. The number of ether oxygens (including phenoxy) is 1. The monoisotopic (exact) mass is 489 g/mol. The van der Waals surface area contributed by atoms with Gasteiger partial charge in [0.05, 0.1) is 28.6 Å². The molecule has 1 aliphatic rings. The third kappa shape index (κ3) is 5.39. The average molecular weight is 490 g/mol. The zero-order chi connectivity index (χ0) is 24.2. The summed E-state index contributed by atoms with van der Waals surface area (Å²) in [5.74, 6) is -3.53. The van der Waals surface area contributed by atoms with Gasteiger partial charge in [-0.1, -0.05) is 12.1 Å². The van der Waals surface area contributed by atoms with Gasteiger partial charge in [0.25, 0.3) is 0 Å². The van der Waals surface area contributed by atoms with Crippen LogP contribution in [0.5, 0.6) is 0 Å². The Morgan fingerprint density at radius 3 is 2.32 bits per heavy atom. The van der Waals surface area contributed by atoms with E-state index >= 15 is 0 Å². The zero-order valence-electron chi connectivity index (χ0n) is 18.2. The summed E-state index contributed by atoms with van der Waals surface area (Å²) >= 11 is 1.60. The highest BCUT2D eigenvalue weighted by molar-refractivity contribution is 7.15. The Balaban J connectivity index is 1.35. The van der Waals surface area contributed by atoms with Gasteiger partial charge in [0.1, 0.15) is 5.82 Å². The van der Waals surface area contributed by atoms with Crippen molar-refractivity contribution in [2.24, 2.45) is 5.92 Å². The molecule has 1 aromatic heterocycles. The van der Waals surface area contributed by atoms with Crippen molar-refractivity contribution in [2.75, 3.05) is 17.7 Å². The highest BCUT2D eigenvalue weighted by Gasteiger charge is 2.29. The van der Waals surface area contributed by atoms with E-state index in [-0.39, 0.29) is 11.9 Å². The van der Waals surface area contributed by atoms with Gasteiger partial charge in [-0.3, -0.25) is 4.79 Å². The highest BCUT2D eigenvalue weighted by atomic mass is 32.1. The van der Waals surface area contributed by atoms with Crippen molar-refractivity contribution >= 4 is 34.7 Å². The van der Waals surface area contributed by atoms with Crippen LogP contribution in [0.4, 0.5) is 29.3 Å². The van der Waals surface area contributed by atoms with Gasteiger partial charge in [0, 0.05) is 29.9 Å². The number of benzene rings is 2. The number of rotatable bonds is 5. The van der Waals surface area contributed by atoms with Gasteiger partial charge in [-0.05, 0) is 43.4 Å². The van der Waals surface area contributed by atoms with Crippen molar-refractivity contribution in [2.45, 2.75) is 31.6 Å². The Kier molecular flexibility index (Phi) is 7.16. The van der Waals surface area contributed by atoms with Crippen molar-refractivity contribution in [3.8, 4) is 10.4 Å². The second-order valence-electron chi connectivity index (χ2n) is 8.04. The Morgan fingerprint density at radius 2 is 1.65 bits per heavy atom. The predicted octanol–water partition coefficient (Wildman–Crippen LogP) is 6.32. The minimum absolute atomic E-state index is 0.0310. The molecule has 0 unspecified atom stereocenters. The number of thiazole rings is 1. The molecule has 1 saturated carbocycles. The molecule has 10 heteroatoms. The number of carbonyl (C=O) groups is 2. The molecule has 0 spiro atoms. The number of nitrogens with zero attached hydrogens (tertiary/aromatic N) is 1. The standard InChI is InChI=1S/C24H22F3N3O3S/c1-33-23(31)15-4-2-14(3-5-15)22-28-12-21(34-22)13-6-8-16(9-7-13)29-24(32)30-20-11-18(26)17(25)10-19(20)27/h6-12,14-15H,2-5H2,1H3,(H2,29,30,32). The fourth-order valence-corrected chi connectivity index (χ4v) is 5.07. The number of nitrogens with one attached hydrogen (secondary N) is 2. The topological polar surface area (TPSA) is 80.3 Å². The molecule has 3 aromatic rings. The van der Waals surface area contributed by atoms with Crippen molar-refractivity contribution in [1.82, 2.24) is 4.98 Å². The molecule has 1 fully saturated rings. The van der Waals surface area contributed by atoms with E-state index in [9.17, 15) is 22.8 Å². The minimum Gasteiger partial charge on any atom is -0.469 e. The van der Waals surface area contributed by atoms with Gasteiger partial charge in [0.15, 0.2) is 11.6 Å². The number of urea groups is 1. The molecule has 2 N–H and O–H groups in total. The van der Waals surface area contributed by atoms with Crippen LogP contribution >= 0.6 is 11.3 Å². The van der Waals surface area contributed by atoms with Gasteiger partial charge in [-0.25, -0.2) is 22.9 Å². The Bertz CT molecular complexity index is 1190. The number of carbonyl (C=O) groups excluding carboxylic acids is 2. The molecule has 2 amide bonds. The lowest BCUT2D eigenvalue weighted by atomic mass is 9.82. The molecule has 6 nitrogen and oxygen atoms in total. The van der Waals surface area contributed by atoms with Crippen molar-refractivity contribution in [1.29, 1.82) is 0 Å². The van der Waals surface area contributed by atoms with Crippen LogP contribution in [0.1, 0.15) is 36.6 Å². The molecule has 1 heterocycles. The molecule has 34 heavy (non-hydrogen) atoms. The number of amides is 2. The summed E-state index contributed by atoms with van der Waals surface area (Å²) in [7, 11) is 1.42. The largest absolute Gasteiger partial charge is 0.469 e. The van der Waals surface area contributed by atoms with E-state index < -0.39 is 29.2 Å².